The van der Waals surface area contributed by atoms with E-state index in [1.54, 1.807) is 6.20 Å². The topological polar surface area (TPSA) is 50.9 Å². The number of nitrogens with zero attached hydrogens (tertiary/aromatic N) is 1. The molecule has 0 aliphatic carbocycles. The first-order chi connectivity index (χ1) is 9.65. The van der Waals surface area contributed by atoms with Crippen molar-refractivity contribution >= 4 is 27.8 Å². The van der Waals surface area contributed by atoms with Gasteiger partial charge in [-0.15, -0.1) is 0 Å². The van der Waals surface area contributed by atoms with E-state index in [-0.39, 0.29) is 0 Å². The van der Waals surface area contributed by atoms with Crippen molar-refractivity contribution in [1.82, 2.24) is 4.98 Å². The van der Waals surface area contributed by atoms with E-state index in [9.17, 15) is 0 Å². The molecule has 0 aliphatic rings. The molecule has 20 heavy (non-hydrogen) atoms. The van der Waals surface area contributed by atoms with Crippen LogP contribution in [0.15, 0.2) is 48.8 Å². The molecule has 0 bridgehead atoms. The predicted octanol–water partition coefficient (Wildman–Crippen LogP) is 4.18. The predicted molar refractivity (Wildman–Crippen MR) is 85.4 cm³/mol. The molecule has 3 N–H and O–H groups in total. The van der Waals surface area contributed by atoms with Crippen LogP contribution in [0.25, 0.3) is 10.8 Å². The summed E-state index contributed by atoms with van der Waals surface area (Å²) in [6.07, 6.45) is 3.61. The van der Waals surface area contributed by atoms with E-state index in [2.05, 4.69) is 42.3 Å². The Bertz CT molecular complexity index is 778. The van der Waals surface area contributed by atoms with Crippen LogP contribution < -0.4 is 11.1 Å². The minimum atomic E-state index is 0.772. The lowest BCUT2D eigenvalue weighted by molar-refractivity contribution is 1.35. The molecule has 3 nitrogen and oxygen atoms in total. The summed E-state index contributed by atoms with van der Waals surface area (Å²) < 4.78 is 0. The number of rotatable bonds is 2. The van der Waals surface area contributed by atoms with Gasteiger partial charge >= 0.3 is 0 Å². The fourth-order valence-corrected chi connectivity index (χ4v) is 2.34. The molecule has 2 aromatic carbocycles. The number of fused-ring (bicyclic) bond motifs is 1. The van der Waals surface area contributed by atoms with Gasteiger partial charge in [-0.25, -0.2) is 0 Å². The molecule has 0 spiro atoms. The van der Waals surface area contributed by atoms with Crippen molar-refractivity contribution in [2.75, 3.05) is 11.1 Å². The number of benzene rings is 2. The Morgan fingerprint density at radius 3 is 2.65 bits per heavy atom. The number of hydrogen-bond acceptors (Lipinski definition) is 3. The first kappa shape index (κ1) is 12.5. The standard InChI is InChI=1S/C17H17N3/c1-11-3-4-12(2)17(9-11)20-16-6-5-15(18)13-7-8-19-10-14(13)16/h3-10,20H,18H2,1-2H3. The fraction of sp³-hybridized carbons (Fsp3) is 0.118. The highest BCUT2D eigenvalue weighted by molar-refractivity contribution is 6.01. The summed E-state index contributed by atoms with van der Waals surface area (Å²) in [5, 5.41) is 5.55. The van der Waals surface area contributed by atoms with Gasteiger partial charge in [-0.1, -0.05) is 12.1 Å². The molecular formula is C17H17N3. The molecule has 3 heteroatoms. The zero-order chi connectivity index (χ0) is 14.1. The SMILES string of the molecule is Cc1ccc(C)c(Nc2ccc(N)c3ccncc23)c1. The Hall–Kier alpha value is -2.55. The lowest BCUT2D eigenvalue weighted by Crippen LogP contribution is -1.96. The number of hydrogen-bond donors (Lipinski definition) is 2. The van der Waals surface area contributed by atoms with Gasteiger partial charge in [-0.2, -0.15) is 0 Å². The third-order valence-electron chi connectivity index (χ3n) is 3.51. The summed E-state index contributed by atoms with van der Waals surface area (Å²) in [5.41, 5.74) is 11.4. The number of nitrogen functional groups attached to an aromatic ring is 1. The smallest absolute Gasteiger partial charge is 0.0481 e. The van der Waals surface area contributed by atoms with Crippen LogP contribution in [0, 0.1) is 13.8 Å². The zero-order valence-corrected chi connectivity index (χ0v) is 11.6. The number of nitrogens with one attached hydrogen (secondary N) is 1. The molecular weight excluding hydrogens is 246 g/mol. The Kier molecular flexibility index (Phi) is 3.03. The third kappa shape index (κ3) is 2.18. The molecule has 0 unspecified atom stereocenters. The number of pyridine rings is 1. The quantitative estimate of drug-likeness (QED) is 0.682. The van der Waals surface area contributed by atoms with Crippen molar-refractivity contribution in [1.29, 1.82) is 0 Å². The minimum Gasteiger partial charge on any atom is -0.398 e. The highest BCUT2D eigenvalue weighted by atomic mass is 14.9. The van der Waals surface area contributed by atoms with Crippen molar-refractivity contribution in [2.45, 2.75) is 13.8 Å². The lowest BCUT2D eigenvalue weighted by atomic mass is 10.1. The maximum absolute atomic E-state index is 6.02. The second kappa shape index (κ2) is 4.85. The number of nitrogens with two attached hydrogens (primary N) is 1. The summed E-state index contributed by atoms with van der Waals surface area (Å²) in [6.45, 7) is 4.19. The highest BCUT2D eigenvalue weighted by Gasteiger charge is 2.06. The van der Waals surface area contributed by atoms with Crippen molar-refractivity contribution in [3.63, 3.8) is 0 Å². The normalized spacial score (nSPS) is 10.7. The van der Waals surface area contributed by atoms with Gasteiger partial charge < -0.3 is 11.1 Å². The lowest BCUT2D eigenvalue weighted by Gasteiger charge is -2.13. The summed E-state index contributed by atoms with van der Waals surface area (Å²) in [4.78, 5) is 4.20. The van der Waals surface area contributed by atoms with Gasteiger partial charge in [0.05, 0.1) is 0 Å². The zero-order valence-electron chi connectivity index (χ0n) is 11.6. The van der Waals surface area contributed by atoms with E-state index < -0.39 is 0 Å². The monoisotopic (exact) mass is 263 g/mol. The van der Waals surface area contributed by atoms with E-state index in [1.807, 2.05) is 24.4 Å². The van der Waals surface area contributed by atoms with E-state index in [0.717, 1.165) is 27.8 Å². The first-order valence-electron chi connectivity index (χ1n) is 6.61. The van der Waals surface area contributed by atoms with Gasteiger partial charge in [-0.05, 0) is 49.2 Å². The molecule has 0 radical (unpaired) electrons. The Morgan fingerprint density at radius 2 is 1.80 bits per heavy atom. The molecule has 1 heterocycles. The molecule has 3 rings (SSSR count). The van der Waals surface area contributed by atoms with Gasteiger partial charge in [0.15, 0.2) is 0 Å². The molecule has 1 aromatic heterocycles. The van der Waals surface area contributed by atoms with Crippen molar-refractivity contribution in [2.24, 2.45) is 0 Å². The van der Waals surface area contributed by atoms with Gasteiger partial charge in [0, 0.05) is 40.2 Å². The Morgan fingerprint density at radius 1 is 0.950 bits per heavy atom. The van der Waals surface area contributed by atoms with Crippen molar-refractivity contribution < 1.29 is 0 Å². The maximum Gasteiger partial charge on any atom is 0.0481 e. The Labute approximate surface area is 118 Å². The molecule has 3 aromatic rings. The van der Waals surface area contributed by atoms with Crippen LogP contribution in [0.4, 0.5) is 17.1 Å². The van der Waals surface area contributed by atoms with Gasteiger partial charge in [-0.3, -0.25) is 4.98 Å². The largest absolute Gasteiger partial charge is 0.398 e. The van der Waals surface area contributed by atoms with Crippen LogP contribution in [0.2, 0.25) is 0 Å². The Balaban J connectivity index is 2.11. The molecule has 0 saturated carbocycles. The number of aryl methyl sites for hydroxylation is 2. The van der Waals surface area contributed by atoms with Crippen LogP contribution in [0.5, 0.6) is 0 Å². The average molecular weight is 263 g/mol. The van der Waals surface area contributed by atoms with Crippen LogP contribution in [-0.2, 0) is 0 Å². The van der Waals surface area contributed by atoms with Crippen molar-refractivity contribution in [3.8, 4) is 0 Å². The van der Waals surface area contributed by atoms with Crippen LogP contribution in [0.1, 0.15) is 11.1 Å². The van der Waals surface area contributed by atoms with Crippen LogP contribution in [0.3, 0.4) is 0 Å². The molecule has 0 atom stereocenters. The molecule has 0 aliphatic heterocycles. The molecule has 0 amide bonds. The maximum atomic E-state index is 6.02. The van der Waals surface area contributed by atoms with Crippen LogP contribution in [-0.4, -0.2) is 4.98 Å². The first-order valence-corrected chi connectivity index (χ1v) is 6.61. The summed E-state index contributed by atoms with van der Waals surface area (Å²) in [7, 11) is 0. The second-order valence-corrected chi connectivity index (χ2v) is 5.07. The highest BCUT2D eigenvalue weighted by Crippen LogP contribution is 2.30. The molecule has 100 valence electrons. The summed E-state index contributed by atoms with van der Waals surface area (Å²) >= 11 is 0. The van der Waals surface area contributed by atoms with Gasteiger partial charge in [0.2, 0.25) is 0 Å². The van der Waals surface area contributed by atoms with Gasteiger partial charge in [0.25, 0.3) is 0 Å². The summed E-state index contributed by atoms with van der Waals surface area (Å²) in [6, 6.07) is 12.3. The number of anilines is 3. The van der Waals surface area contributed by atoms with E-state index in [1.165, 1.54) is 11.1 Å². The van der Waals surface area contributed by atoms with Crippen LogP contribution >= 0.6 is 0 Å². The average Bonchev–Trinajstić information content (AvgIpc) is 2.46. The van der Waals surface area contributed by atoms with Crippen molar-refractivity contribution in [3.05, 3.63) is 59.9 Å². The van der Waals surface area contributed by atoms with E-state index in [0.29, 0.717) is 0 Å². The third-order valence-corrected chi connectivity index (χ3v) is 3.51. The van der Waals surface area contributed by atoms with E-state index in [4.69, 9.17) is 5.73 Å². The minimum absolute atomic E-state index is 0.772. The van der Waals surface area contributed by atoms with Gasteiger partial charge in [0.1, 0.15) is 0 Å². The molecule has 0 fully saturated rings. The summed E-state index contributed by atoms with van der Waals surface area (Å²) in [5.74, 6) is 0. The number of aromatic nitrogens is 1. The van der Waals surface area contributed by atoms with E-state index >= 15 is 0 Å². The fourth-order valence-electron chi connectivity index (χ4n) is 2.34. The second-order valence-electron chi connectivity index (χ2n) is 5.07. The molecule has 0 saturated heterocycles.